The summed E-state index contributed by atoms with van der Waals surface area (Å²) in [6.45, 7) is 6.47. The third-order valence-corrected chi connectivity index (χ3v) is 2.68. The fourth-order valence-corrected chi connectivity index (χ4v) is 1.66. The van der Waals surface area contributed by atoms with Crippen LogP contribution in [0, 0.1) is 18.7 Å². The standard InChI is InChI=1S/C14H20FNO2/c1-9(2)8-16-13(14(17)18-4)11-5-6-12(15)10(3)7-11/h5-7,9,13,16H,8H2,1-4H3. The largest absolute Gasteiger partial charge is 0.468 e. The average Bonchev–Trinajstić information content (AvgIpc) is 2.33. The maximum atomic E-state index is 13.2. The molecule has 0 fully saturated rings. The van der Waals surface area contributed by atoms with Gasteiger partial charge in [0.2, 0.25) is 0 Å². The molecule has 1 N–H and O–H groups in total. The fourth-order valence-electron chi connectivity index (χ4n) is 1.66. The van der Waals surface area contributed by atoms with Crippen LogP contribution in [0.1, 0.15) is 31.0 Å². The van der Waals surface area contributed by atoms with Crippen LogP contribution in [0.5, 0.6) is 0 Å². The quantitative estimate of drug-likeness (QED) is 0.820. The van der Waals surface area contributed by atoms with Gasteiger partial charge in [-0.1, -0.05) is 26.0 Å². The second-order valence-electron chi connectivity index (χ2n) is 4.77. The molecule has 0 aromatic heterocycles. The first-order valence-electron chi connectivity index (χ1n) is 6.03. The summed E-state index contributed by atoms with van der Waals surface area (Å²) in [6.07, 6.45) is 0. The van der Waals surface area contributed by atoms with Crippen molar-refractivity contribution in [1.82, 2.24) is 5.32 Å². The zero-order valence-electron chi connectivity index (χ0n) is 11.3. The molecular weight excluding hydrogens is 233 g/mol. The van der Waals surface area contributed by atoms with Gasteiger partial charge >= 0.3 is 5.97 Å². The smallest absolute Gasteiger partial charge is 0.327 e. The second kappa shape index (κ2) is 6.50. The number of aryl methyl sites for hydroxylation is 1. The van der Waals surface area contributed by atoms with Crippen LogP contribution in [0.4, 0.5) is 4.39 Å². The molecule has 0 saturated heterocycles. The van der Waals surface area contributed by atoms with Crippen LogP contribution >= 0.6 is 0 Å². The van der Waals surface area contributed by atoms with Gasteiger partial charge in [-0.05, 0) is 36.6 Å². The Morgan fingerprint density at radius 2 is 2.11 bits per heavy atom. The first kappa shape index (κ1) is 14.6. The van der Waals surface area contributed by atoms with Gasteiger partial charge in [0.15, 0.2) is 0 Å². The van der Waals surface area contributed by atoms with Crippen molar-refractivity contribution >= 4 is 5.97 Å². The SMILES string of the molecule is COC(=O)C(NCC(C)C)c1ccc(F)c(C)c1. The summed E-state index contributed by atoms with van der Waals surface area (Å²) in [4.78, 5) is 11.7. The summed E-state index contributed by atoms with van der Waals surface area (Å²) in [5.74, 6) is -0.216. The molecule has 0 saturated carbocycles. The van der Waals surface area contributed by atoms with E-state index in [0.29, 0.717) is 18.0 Å². The predicted octanol–water partition coefficient (Wildman–Crippen LogP) is 2.59. The van der Waals surface area contributed by atoms with E-state index in [1.54, 1.807) is 19.1 Å². The molecule has 0 aliphatic carbocycles. The predicted molar refractivity (Wildman–Crippen MR) is 68.7 cm³/mol. The highest BCUT2D eigenvalue weighted by Crippen LogP contribution is 2.18. The number of hydrogen-bond donors (Lipinski definition) is 1. The van der Waals surface area contributed by atoms with Crippen LogP contribution < -0.4 is 5.32 Å². The summed E-state index contributed by atoms with van der Waals surface area (Å²) >= 11 is 0. The minimum absolute atomic E-state index is 0.272. The number of ether oxygens (including phenoxy) is 1. The van der Waals surface area contributed by atoms with E-state index < -0.39 is 6.04 Å². The molecule has 1 aromatic rings. The monoisotopic (exact) mass is 253 g/mol. The lowest BCUT2D eigenvalue weighted by Crippen LogP contribution is -2.32. The number of nitrogens with one attached hydrogen (secondary N) is 1. The van der Waals surface area contributed by atoms with E-state index >= 15 is 0 Å². The Hall–Kier alpha value is -1.42. The molecule has 0 amide bonds. The number of halogens is 1. The molecule has 1 aromatic carbocycles. The number of benzene rings is 1. The van der Waals surface area contributed by atoms with Gasteiger partial charge in [0.05, 0.1) is 7.11 Å². The first-order valence-corrected chi connectivity index (χ1v) is 6.03. The van der Waals surface area contributed by atoms with Gasteiger partial charge in [-0.2, -0.15) is 0 Å². The molecule has 0 bridgehead atoms. The second-order valence-corrected chi connectivity index (χ2v) is 4.77. The summed E-state index contributed by atoms with van der Waals surface area (Å²) in [5.41, 5.74) is 1.24. The normalized spacial score (nSPS) is 12.6. The lowest BCUT2D eigenvalue weighted by Gasteiger charge is -2.18. The topological polar surface area (TPSA) is 38.3 Å². The van der Waals surface area contributed by atoms with E-state index in [9.17, 15) is 9.18 Å². The van der Waals surface area contributed by atoms with Gasteiger partial charge in [-0.25, -0.2) is 9.18 Å². The Morgan fingerprint density at radius 3 is 2.61 bits per heavy atom. The van der Waals surface area contributed by atoms with Crippen LogP contribution in [0.2, 0.25) is 0 Å². The summed E-state index contributed by atoms with van der Waals surface area (Å²) in [6, 6.07) is 4.11. The van der Waals surface area contributed by atoms with Gasteiger partial charge in [-0.3, -0.25) is 0 Å². The zero-order chi connectivity index (χ0) is 13.7. The molecule has 1 unspecified atom stereocenters. The zero-order valence-corrected chi connectivity index (χ0v) is 11.3. The van der Waals surface area contributed by atoms with Crippen LogP contribution in [0.3, 0.4) is 0 Å². The Balaban J connectivity index is 2.94. The third-order valence-electron chi connectivity index (χ3n) is 2.68. The lowest BCUT2D eigenvalue weighted by atomic mass is 10.0. The highest BCUT2D eigenvalue weighted by atomic mass is 19.1. The number of carbonyl (C=O) groups excluding carboxylic acids is 1. The van der Waals surface area contributed by atoms with Crippen molar-refractivity contribution in [3.63, 3.8) is 0 Å². The molecule has 1 rings (SSSR count). The number of rotatable bonds is 5. The fraction of sp³-hybridized carbons (Fsp3) is 0.500. The summed E-state index contributed by atoms with van der Waals surface area (Å²) in [7, 11) is 1.35. The van der Waals surface area contributed by atoms with Gasteiger partial charge in [0.1, 0.15) is 11.9 Å². The van der Waals surface area contributed by atoms with E-state index in [0.717, 1.165) is 5.56 Å². The molecule has 0 aliphatic rings. The maximum absolute atomic E-state index is 13.2. The van der Waals surface area contributed by atoms with Gasteiger partial charge in [0, 0.05) is 0 Å². The van der Waals surface area contributed by atoms with E-state index in [4.69, 9.17) is 4.74 Å². The van der Waals surface area contributed by atoms with Gasteiger partial charge < -0.3 is 10.1 Å². The summed E-state index contributed by atoms with van der Waals surface area (Å²) in [5, 5.41) is 3.14. The molecule has 4 heteroatoms. The van der Waals surface area contributed by atoms with E-state index in [-0.39, 0.29) is 11.8 Å². The van der Waals surface area contributed by atoms with Crippen LogP contribution in [0.15, 0.2) is 18.2 Å². The Labute approximate surface area is 107 Å². The Kier molecular flexibility index (Phi) is 5.28. The lowest BCUT2D eigenvalue weighted by molar-refractivity contribution is -0.143. The maximum Gasteiger partial charge on any atom is 0.327 e. The van der Waals surface area contributed by atoms with Crippen molar-refractivity contribution in [1.29, 1.82) is 0 Å². The highest BCUT2D eigenvalue weighted by molar-refractivity contribution is 5.77. The molecule has 18 heavy (non-hydrogen) atoms. The van der Waals surface area contributed by atoms with Crippen molar-refractivity contribution in [2.45, 2.75) is 26.8 Å². The van der Waals surface area contributed by atoms with E-state index in [1.165, 1.54) is 13.2 Å². The van der Waals surface area contributed by atoms with Crippen LogP contribution in [-0.2, 0) is 9.53 Å². The van der Waals surface area contributed by atoms with Crippen LogP contribution in [0.25, 0.3) is 0 Å². The number of hydrogen-bond acceptors (Lipinski definition) is 3. The van der Waals surface area contributed by atoms with Crippen LogP contribution in [-0.4, -0.2) is 19.6 Å². The summed E-state index contributed by atoms with van der Waals surface area (Å²) < 4.78 is 18.0. The first-order chi connectivity index (χ1) is 8.45. The number of methoxy groups -OCH3 is 1. The Morgan fingerprint density at radius 1 is 1.44 bits per heavy atom. The molecule has 1 atom stereocenters. The molecule has 0 spiro atoms. The van der Waals surface area contributed by atoms with E-state index in [1.807, 2.05) is 0 Å². The van der Waals surface area contributed by atoms with Crippen molar-refractivity contribution in [2.24, 2.45) is 5.92 Å². The van der Waals surface area contributed by atoms with Crippen molar-refractivity contribution in [3.8, 4) is 0 Å². The van der Waals surface area contributed by atoms with Crippen molar-refractivity contribution < 1.29 is 13.9 Å². The number of carbonyl (C=O) groups is 1. The average molecular weight is 253 g/mol. The third kappa shape index (κ3) is 3.81. The molecule has 100 valence electrons. The molecule has 0 aliphatic heterocycles. The van der Waals surface area contributed by atoms with E-state index in [2.05, 4.69) is 19.2 Å². The van der Waals surface area contributed by atoms with Crippen molar-refractivity contribution in [3.05, 3.63) is 35.1 Å². The highest BCUT2D eigenvalue weighted by Gasteiger charge is 2.21. The molecule has 0 radical (unpaired) electrons. The minimum Gasteiger partial charge on any atom is -0.468 e. The number of esters is 1. The molecule has 3 nitrogen and oxygen atoms in total. The molecule has 0 heterocycles. The van der Waals surface area contributed by atoms with Crippen molar-refractivity contribution in [2.75, 3.05) is 13.7 Å². The Bertz CT molecular complexity index is 418. The molecular formula is C14H20FNO2. The van der Waals surface area contributed by atoms with Gasteiger partial charge in [0.25, 0.3) is 0 Å². The van der Waals surface area contributed by atoms with Gasteiger partial charge in [-0.15, -0.1) is 0 Å². The minimum atomic E-state index is -0.545.